The SMILES string of the molecule is COC(=O)[C@]12C[C@@H]3C[C@H](C[C@](C(=O)OC)(C1)/C3=N\O)/C2=N/O. The van der Waals surface area contributed by atoms with Crippen LogP contribution in [0.2, 0.25) is 0 Å². The van der Waals surface area contributed by atoms with E-state index in [0.29, 0.717) is 30.7 Å². The van der Waals surface area contributed by atoms with Gasteiger partial charge in [-0.2, -0.15) is 0 Å². The molecule has 0 spiro atoms. The van der Waals surface area contributed by atoms with Crippen molar-refractivity contribution in [3.05, 3.63) is 0 Å². The molecule has 4 saturated carbocycles. The first-order valence-corrected chi connectivity index (χ1v) is 7.10. The first-order chi connectivity index (χ1) is 10.5. The van der Waals surface area contributed by atoms with Crippen LogP contribution in [-0.2, 0) is 19.1 Å². The van der Waals surface area contributed by atoms with Crippen molar-refractivity contribution in [2.24, 2.45) is 33.0 Å². The number of rotatable bonds is 2. The van der Waals surface area contributed by atoms with Gasteiger partial charge in [-0.3, -0.25) is 9.59 Å². The fraction of sp³-hybridized carbons (Fsp3) is 0.714. The maximum Gasteiger partial charge on any atom is 0.317 e. The monoisotopic (exact) mass is 310 g/mol. The van der Waals surface area contributed by atoms with E-state index in [4.69, 9.17) is 9.47 Å². The van der Waals surface area contributed by atoms with E-state index in [2.05, 4.69) is 10.3 Å². The Morgan fingerprint density at radius 2 is 1.41 bits per heavy atom. The molecule has 120 valence electrons. The van der Waals surface area contributed by atoms with Crippen molar-refractivity contribution < 1.29 is 29.5 Å². The van der Waals surface area contributed by atoms with E-state index in [1.165, 1.54) is 14.2 Å². The summed E-state index contributed by atoms with van der Waals surface area (Å²) in [6, 6.07) is 0. The maximum atomic E-state index is 12.4. The fourth-order valence-corrected chi connectivity index (χ4v) is 4.86. The van der Waals surface area contributed by atoms with Gasteiger partial charge < -0.3 is 19.9 Å². The van der Waals surface area contributed by atoms with Gasteiger partial charge in [-0.15, -0.1) is 0 Å². The van der Waals surface area contributed by atoms with E-state index in [-0.39, 0.29) is 18.3 Å². The second-order valence-corrected chi connectivity index (χ2v) is 6.33. The second-order valence-electron chi connectivity index (χ2n) is 6.33. The van der Waals surface area contributed by atoms with Crippen LogP contribution >= 0.6 is 0 Å². The lowest BCUT2D eigenvalue weighted by Gasteiger charge is -2.58. The van der Waals surface area contributed by atoms with Crippen molar-refractivity contribution in [1.82, 2.24) is 0 Å². The van der Waals surface area contributed by atoms with Gasteiger partial charge >= 0.3 is 11.9 Å². The summed E-state index contributed by atoms with van der Waals surface area (Å²) >= 11 is 0. The van der Waals surface area contributed by atoms with Crippen LogP contribution in [0.1, 0.15) is 25.7 Å². The van der Waals surface area contributed by atoms with Crippen molar-refractivity contribution in [2.45, 2.75) is 25.7 Å². The molecule has 0 saturated heterocycles. The number of hydrogen-bond donors (Lipinski definition) is 2. The molecule has 4 aliphatic carbocycles. The molecule has 4 bridgehead atoms. The number of oxime groups is 2. The summed E-state index contributed by atoms with van der Waals surface area (Å²) in [6.45, 7) is 0. The summed E-state index contributed by atoms with van der Waals surface area (Å²) in [7, 11) is 2.53. The minimum Gasteiger partial charge on any atom is -0.468 e. The predicted octanol–water partition coefficient (Wildman–Crippen LogP) is 0.799. The van der Waals surface area contributed by atoms with E-state index in [1.807, 2.05) is 0 Å². The topological polar surface area (TPSA) is 118 Å². The third-order valence-electron chi connectivity index (χ3n) is 5.48. The molecule has 22 heavy (non-hydrogen) atoms. The van der Waals surface area contributed by atoms with Gasteiger partial charge in [0.25, 0.3) is 0 Å². The Kier molecular flexibility index (Phi) is 3.15. The summed E-state index contributed by atoms with van der Waals surface area (Å²) in [6.07, 6.45) is 1.25. The summed E-state index contributed by atoms with van der Waals surface area (Å²) in [5.41, 5.74) is -1.57. The zero-order valence-corrected chi connectivity index (χ0v) is 12.4. The minimum atomic E-state index is -1.16. The van der Waals surface area contributed by atoms with Crippen LogP contribution in [0.4, 0.5) is 0 Å². The smallest absolute Gasteiger partial charge is 0.317 e. The van der Waals surface area contributed by atoms with Gasteiger partial charge in [0.05, 0.1) is 25.6 Å². The Labute approximate surface area is 126 Å². The van der Waals surface area contributed by atoms with Crippen molar-refractivity contribution in [2.75, 3.05) is 14.2 Å². The molecule has 0 amide bonds. The third-order valence-corrected chi connectivity index (χ3v) is 5.48. The molecule has 0 aromatic rings. The molecule has 0 aromatic heterocycles. The van der Waals surface area contributed by atoms with Crippen molar-refractivity contribution >= 4 is 23.4 Å². The number of carbonyl (C=O) groups excluding carboxylic acids is 2. The zero-order chi connectivity index (χ0) is 16.1. The molecular formula is C14H18N2O6. The Balaban J connectivity index is 2.19. The lowest BCUT2D eigenvalue weighted by Crippen LogP contribution is -2.67. The van der Waals surface area contributed by atoms with Crippen LogP contribution in [0.25, 0.3) is 0 Å². The number of methoxy groups -OCH3 is 2. The van der Waals surface area contributed by atoms with Crippen LogP contribution in [0, 0.1) is 22.7 Å². The van der Waals surface area contributed by atoms with Crippen LogP contribution < -0.4 is 0 Å². The Bertz CT molecular complexity index is 550. The van der Waals surface area contributed by atoms with Crippen LogP contribution in [0.3, 0.4) is 0 Å². The van der Waals surface area contributed by atoms with Crippen molar-refractivity contribution in [3.8, 4) is 0 Å². The molecular weight excluding hydrogens is 292 g/mol. The average Bonchev–Trinajstić information content (AvgIpc) is 2.52. The fourth-order valence-electron chi connectivity index (χ4n) is 4.86. The molecule has 0 aliphatic heterocycles. The first kappa shape index (κ1) is 14.8. The number of nitrogens with zero attached hydrogens (tertiary/aromatic N) is 2. The number of carbonyl (C=O) groups is 2. The van der Waals surface area contributed by atoms with E-state index in [0.717, 1.165) is 0 Å². The predicted molar refractivity (Wildman–Crippen MR) is 72.8 cm³/mol. The minimum absolute atomic E-state index is 0.0468. The van der Waals surface area contributed by atoms with Crippen LogP contribution in [0.5, 0.6) is 0 Å². The van der Waals surface area contributed by atoms with E-state index >= 15 is 0 Å². The van der Waals surface area contributed by atoms with Gasteiger partial charge in [0.1, 0.15) is 10.8 Å². The molecule has 8 heteroatoms. The molecule has 0 radical (unpaired) electrons. The first-order valence-electron chi connectivity index (χ1n) is 7.10. The molecule has 0 unspecified atom stereocenters. The van der Waals surface area contributed by atoms with Crippen LogP contribution in [-0.4, -0.2) is 48.0 Å². The Morgan fingerprint density at radius 1 is 1.00 bits per heavy atom. The van der Waals surface area contributed by atoms with E-state index in [1.54, 1.807) is 0 Å². The molecule has 8 nitrogen and oxygen atoms in total. The Morgan fingerprint density at radius 3 is 1.73 bits per heavy atom. The number of esters is 2. The zero-order valence-electron chi connectivity index (χ0n) is 12.4. The van der Waals surface area contributed by atoms with Crippen LogP contribution in [0.15, 0.2) is 10.3 Å². The van der Waals surface area contributed by atoms with Gasteiger partial charge in [0.2, 0.25) is 0 Å². The molecule has 0 heterocycles. The number of ether oxygens (including phenoxy) is 2. The molecule has 4 aliphatic rings. The highest BCUT2D eigenvalue weighted by molar-refractivity contribution is 6.18. The maximum absolute atomic E-state index is 12.4. The third kappa shape index (κ3) is 1.52. The molecule has 4 rings (SSSR count). The normalized spacial score (nSPS) is 42.6. The second kappa shape index (κ2) is 4.69. The van der Waals surface area contributed by atoms with Gasteiger partial charge in [-0.25, -0.2) is 0 Å². The quantitative estimate of drug-likeness (QED) is 0.442. The highest BCUT2D eigenvalue weighted by Crippen LogP contribution is 2.63. The lowest BCUT2D eigenvalue weighted by atomic mass is 9.42. The number of hydrogen-bond acceptors (Lipinski definition) is 8. The van der Waals surface area contributed by atoms with Gasteiger partial charge in [0, 0.05) is 11.8 Å². The van der Waals surface area contributed by atoms with Crippen molar-refractivity contribution in [1.29, 1.82) is 0 Å². The van der Waals surface area contributed by atoms with Gasteiger partial charge in [0.15, 0.2) is 0 Å². The molecule has 4 fully saturated rings. The molecule has 2 N–H and O–H groups in total. The van der Waals surface area contributed by atoms with Gasteiger partial charge in [-0.05, 0) is 25.7 Å². The molecule has 4 atom stereocenters. The summed E-state index contributed by atoms with van der Waals surface area (Å²) in [5.74, 6) is -1.53. The molecule has 0 aromatic carbocycles. The largest absolute Gasteiger partial charge is 0.468 e. The summed E-state index contributed by atoms with van der Waals surface area (Å²) < 4.78 is 9.82. The highest BCUT2D eigenvalue weighted by atomic mass is 16.5. The lowest BCUT2D eigenvalue weighted by molar-refractivity contribution is -0.162. The average molecular weight is 310 g/mol. The van der Waals surface area contributed by atoms with E-state index < -0.39 is 22.8 Å². The highest BCUT2D eigenvalue weighted by Gasteiger charge is 2.71. The van der Waals surface area contributed by atoms with E-state index in [9.17, 15) is 20.0 Å². The Hall–Kier alpha value is -2.12. The standard InChI is InChI=1S/C14H18N2O6/c1-21-11(17)13-4-7-3-8(9(13)15-19)5-14(6-13,10(7)16-20)12(18)22-2/h7-8,19-20H,3-6H2,1-2H3/b15-9-,16-10-/t7-,8+,13+,14-. The van der Waals surface area contributed by atoms with Crippen molar-refractivity contribution in [3.63, 3.8) is 0 Å². The summed E-state index contributed by atoms with van der Waals surface area (Å²) in [4.78, 5) is 24.8. The van der Waals surface area contributed by atoms with Gasteiger partial charge in [-0.1, -0.05) is 10.3 Å². The summed E-state index contributed by atoms with van der Waals surface area (Å²) in [5, 5.41) is 25.5.